The van der Waals surface area contributed by atoms with Crippen molar-refractivity contribution in [3.05, 3.63) is 95.6 Å². The summed E-state index contributed by atoms with van der Waals surface area (Å²) in [5.41, 5.74) is 1.79. The summed E-state index contributed by atoms with van der Waals surface area (Å²) in [6.07, 6.45) is -1.60. The smallest absolute Gasteiger partial charge is 0.407 e. The van der Waals surface area contributed by atoms with Crippen molar-refractivity contribution in [2.24, 2.45) is 0 Å². The highest BCUT2D eigenvalue weighted by Crippen LogP contribution is 2.44. The molecule has 4 atom stereocenters. The summed E-state index contributed by atoms with van der Waals surface area (Å²) < 4.78 is 33.2. The predicted octanol–water partition coefficient (Wildman–Crippen LogP) is 8.29. The molecule has 89 heavy (non-hydrogen) atoms. The van der Waals surface area contributed by atoms with Crippen LogP contribution in [0.3, 0.4) is 0 Å². The monoisotopic (exact) mass is 1240 g/mol. The number of rotatable bonds is 32. The Morgan fingerprint density at radius 1 is 0.382 bits per heavy atom. The van der Waals surface area contributed by atoms with Gasteiger partial charge in [0.25, 0.3) is 0 Å². The van der Waals surface area contributed by atoms with Crippen LogP contribution in [0.4, 0.5) is 24.0 Å². The Labute approximate surface area is 524 Å². The average molecular weight is 1240 g/mol. The number of fused-ring (bicyclic) bond motifs is 3. The Hall–Kier alpha value is -8.15. The van der Waals surface area contributed by atoms with E-state index in [1.165, 1.54) is 0 Å². The van der Waals surface area contributed by atoms with Crippen molar-refractivity contribution in [1.82, 2.24) is 47.9 Å². The van der Waals surface area contributed by atoms with Gasteiger partial charge in [0, 0.05) is 38.6 Å². The molecule has 0 aliphatic heterocycles. The lowest BCUT2D eigenvalue weighted by molar-refractivity contribution is -0.135. The van der Waals surface area contributed by atoms with E-state index in [4.69, 9.17) is 28.4 Å². The maximum Gasteiger partial charge on any atom is 0.407 e. The van der Waals surface area contributed by atoms with Crippen LogP contribution in [0.1, 0.15) is 163 Å². The van der Waals surface area contributed by atoms with Crippen LogP contribution in [0, 0.1) is 0 Å². The molecular weight excluding hydrogens is 1150 g/mol. The Morgan fingerprint density at radius 2 is 0.764 bits per heavy atom. The summed E-state index contributed by atoms with van der Waals surface area (Å²) >= 11 is 0. The number of nitrogens with one attached hydrogen (secondary N) is 9. The fourth-order valence-corrected chi connectivity index (χ4v) is 9.10. The van der Waals surface area contributed by atoms with Crippen molar-refractivity contribution in [3.63, 3.8) is 0 Å². The summed E-state index contributed by atoms with van der Waals surface area (Å²) in [6.45, 7) is 21.0. The molecular formula is C65H97N9O15. The molecule has 0 heterocycles. The van der Waals surface area contributed by atoms with Gasteiger partial charge in [0.15, 0.2) is 0 Å². The van der Waals surface area contributed by atoms with Crippen molar-refractivity contribution >= 4 is 54.1 Å². The normalized spacial score (nSPS) is 13.5. The minimum atomic E-state index is -1.39. The Kier molecular flexibility index (Phi) is 29.4. The third kappa shape index (κ3) is 29.6. The molecule has 9 amide bonds. The molecule has 0 bridgehead atoms. The van der Waals surface area contributed by atoms with Crippen LogP contribution in [-0.2, 0) is 54.2 Å². The van der Waals surface area contributed by atoms with Gasteiger partial charge in [-0.2, -0.15) is 0 Å². The van der Waals surface area contributed by atoms with E-state index < -0.39 is 101 Å². The van der Waals surface area contributed by atoms with Crippen molar-refractivity contribution in [2.45, 2.75) is 200 Å². The summed E-state index contributed by atoms with van der Waals surface area (Å²) in [6, 6.07) is 19.5. The third-order valence-electron chi connectivity index (χ3n) is 13.2. The van der Waals surface area contributed by atoms with E-state index in [2.05, 4.69) is 47.9 Å². The average Bonchev–Trinajstić information content (AvgIpc) is 1.73. The molecule has 4 rings (SSSR count). The van der Waals surface area contributed by atoms with Gasteiger partial charge in [-0.25, -0.2) is 24.0 Å². The molecule has 1 aliphatic carbocycles. The number of carbonyl (C=O) groups is 9. The zero-order valence-corrected chi connectivity index (χ0v) is 54.0. The largest absolute Gasteiger partial charge is 0.449 e. The molecule has 0 aromatic heterocycles. The van der Waals surface area contributed by atoms with Crippen LogP contribution in [0.25, 0.3) is 11.1 Å². The van der Waals surface area contributed by atoms with Crippen molar-refractivity contribution < 1.29 is 71.6 Å². The number of unbranched alkanes of at least 4 members (excludes halogenated alkanes) is 3. The number of ether oxygens (including phenoxy) is 6. The highest BCUT2D eigenvalue weighted by atomic mass is 16.6. The second-order valence-electron chi connectivity index (χ2n) is 25.7. The minimum Gasteiger partial charge on any atom is -0.449 e. The number of amides is 9. The fourth-order valence-electron chi connectivity index (χ4n) is 9.10. The fraction of sp³-hybridized carbons (Fsp3) is 0.585. The zero-order valence-electron chi connectivity index (χ0n) is 54.0. The SMILES string of the molecule is CC(C)(C)OC[C@H](NC(=O)OCC1c2ccccc2-c2ccccc21)C(=O)N[C@@H](CCCCNC(=O)OC(C)(C)C)C(=O)N[C@@H](CCCCNC(=O)OC(C)(C)C)C(=O)N[C@@H](CCCCNC(=O)OC(C)(C)C)C(=O)NCCNC(=O)OCc1ccccc1. The zero-order chi connectivity index (χ0) is 65.8. The molecule has 3 aromatic rings. The predicted molar refractivity (Wildman–Crippen MR) is 335 cm³/mol. The van der Waals surface area contributed by atoms with E-state index in [1.807, 2.05) is 66.7 Å². The molecule has 1 aliphatic rings. The molecule has 9 N–H and O–H groups in total. The van der Waals surface area contributed by atoms with Gasteiger partial charge < -0.3 is 76.3 Å². The first-order valence-corrected chi connectivity index (χ1v) is 30.7. The Morgan fingerprint density at radius 3 is 1.19 bits per heavy atom. The minimum absolute atomic E-state index is 0.0113. The van der Waals surface area contributed by atoms with E-state index in [1.54, 1.807) is 95.2 Å². The van der Waals surface area contributed by atoms with E-state index in [-0.39, 0.29) is 90.6 Å². The standard InChI is InChI=1S/C65H97N9O15/c1-62(2,3)86-42-52(74-61(83)85-41-48-46-30-18-16-28-44(46)45-29-17-19-31-47(45)48)56(78)73-51(34-22-25-37-69-60(82)89-65(10,11)12)55(77)72-50(33-21-24-36-68-59(81)88-64(7,8)9)54(76)71-49(32-20-23-35-67-58(80)87-63(4,5)6)53(75)66-38-39-70-57(79)84-40-43-26-14-13-15-27-43/h13-19,26-31,48-52H,20-25,32-42H2,1-12H3,(H,66,75)(H,67,80)(H,68,81)(H,69,82)(H,70,79)(H,71,76)(H,72,77)(H,73,78)(H,74,83)/t49-,50-,51-,52-/m0/s1. The lowest BCUT2D eigenvalue weighted by Crippen LogP contribution is -2.59. The Balaban J connectivity index is 1.58. The summed E-state index contributed by atoms with van der Waals surface area (Å²) in [4.78, 5) is 122. The van der Waals surface area contributed by atoms with Gasteiger partial charge in [0.1, 0.15) is 54.2 Å². The van der Waals surface area contributed by atoms with Crippen molar-refractivity contribution in [2.75, 3.05) is 45.9 Å². The summed E-state index contributed by atoms with van der Waals surface area (Å²) in [7, 11) is 0. The number of alkyl carbamates (subject to hydrolysis) is 5. The number of benzene rings is 3. The van der Waals surface area contributed by atoms with E-state index >= 15 is 0 Å². The van der Waals surface area contributed by atoms with Gasteiger partial charge in [0.05, 0.1) is 12.2 Å². The van der Waals surface area contributed by atoms with Gasteiger partial charge >= 0.3 is 30.5 Å². The summed E-state index contributed by atoms with van der Waals surface area (Å²) in [5, 5.41) is 24.5. The van der Waals surface area contributed by atoms with Crippen LogP contribution < -0.4 is 47.9 Å². The van der Waals surface area contributed by atoms with Gasteiger partial charge in [-0.3, -0.25) is 19.2 Å². The van der Waals surface area contributed by atoms with E-state index in [0.29, 0.717) is 25.7 Å². The molecule has 0 radical (unpaired) electrons. The van der Waals surface area contributed by atoms with Gasteiger partial charge in [-0.1, -0.05) is 78.9 Å². The second-order valence-corrected chi connectivity index (χ2v) is 25.7. The highest BCUT2D eigenvalue weighted by Gasteiger charge is 2.34. The van der Waals surface area contributed by atoms with Crippen LogP contribution >= 0.6 is 0 Å². The Bertz CT molecular complexity index is 2740. The van der Waals surface area contributed by atoms with Crippen LogP contribution in [0.5, 0.6) is 0 Å². The van der Waals surface area contributed by atoms with Gasteiger partial charge in [-0.15, -0.1) is 0 Å². The second kappa shape index (κ2) is 35.7. The van der Waals surface area contributed by atoms with E-state index in [0.717, 1.165) is 27.8 Å². The summed E-state index contributed by atoms with van der Waals surface area (Å²) in [5.74, 6) is -3.24. The van der Waals surface area contributed by atoms with Crippen LogP contribution in [-0.4, -0.2) is 147 Å². The number of hydrogen-bond acceptors (Lipinski definition) is 15. The quantitative estimate of drug-likeness (QED) is 0.0210. The van der Waals surface area contributed by atoms with Crippen LogP contribution in [0.2, 0.25) is 0 Å². The topological polar surface area (TPSA) is 317 Å². The number of carbonyl (C=O) groups excluding carboxylic acids is 9. The van der Waals surface area contributed by atoms with Crippen molar-refractivity contribution in [3.8, 4) is 11.1 Å². The molecule has 0 fully saturated rings. The molecule has 0 unspecified atom stereocenters. The van der Waals surface area contributed by atoms with Crippen LogP contribution in [0.15, 0.2) is 78.9 Å². The lowest BCUT2D eigenvalue weighted by atomic mass is 9.98. The molecule has 492 valence electrons. The van der Waals surface area contributed by atoms with Crippen molar-refractivity contribution in [1.29, 1.82) is 0 Å². The molecule has 0 spiro atoms. The molecule has 24 heteroatoms. The molecule has 0 saturated heterocycles. The first kappa shape index (κ1) is 73.3. The maximum absolute atomic E-state index is 14.8. The molecule has 24 nitrogen and oxygen atoms in total. The van der Waals surface area contributed by atoms with Gasteiger partial charge in [0.2, 0.25) is 23.6 Å². The lowest BCUT2D eigenvalue weighted by Gasteiger charge is -2.28. The molecule has 0 saturated carbocycles. The third-order valence-corrected chi connectivity index (χ3v) is 13.2. The number of hydrogen-bond donors (Lipinski definition) is 9. The highest BCUT2D eigenvalue weighted by molar-refractivity contribution is 5.95. The maximum atomic E-state index is 14.8. The van der Waals surface area contributed by atoms with Gasteiger partial charge in [-0.05, 0) is 169 Å². The first-order valence-electron chi connectivity index (χ1n) is 30.7. The molecule has 3 aromatic carbocycles. The van der Waals surface area contributed by atoms with E-state index in [9.17, 15) is 43.2 Å². The first-order chi connectivity index (χ1) is 41.9.